The standard InChI is InChI=1S/C13H8BrClF2O/c14-10-5-4-8(16)6-13(10)18-7-9-11(15)2-1-3-12(9)17/h1-6H,7H2. The molecule has 0 spiro atoms. The van der Waals surface area contributed by atoms with Gasteiger partial charge in [0.05, 0.1) is 9.50 Å². The Labute approximate surface area is 116 Å². The van der Waals surface area contributed by atoms with Crippen LogP contribution >= 0.6 is 27.5 Å². The van der Waals surface area contributed by atoms with Crippen LogP contribution in [0, 0.1) is 11.6 Å². The van der Waals surface area contributed by atoms with Crippen molar-refractivity contribution in [3.05, 3.63) is 63.1 Å². The lowest BCUT2D eigenvalue weighted by Gasteiger charge is -2.10. The SMILES string of the molecule is Fc1ccc(Br)c(OCc2c(F)cccc2Cl)c1. The third-order valence-corrected chi connectivity index (χ3v) is 3.34. The third-order valence-electron chi connectivity index (χ3n) is 2.33. The molecule has 0 amide bonds. The predicted molar refractivity (Wildman–Crippen MR) is 69.8 cm³/mol. The topological polar surface area (TPSA) is 9.23 Å². The van der Waals surface area contributed by atoms with Crippen LogP contribution in [-0.2, 0) is 6.61 Å². The predicted octanol–water partition coefficient (Wildman–Crippen LogP) is 4.96. The maximum Gasteiger partial charge on any atom is 0.136 e. The number of ether oxygens (including phenoxy) is 1. The fourth-order valence-electron chi connectivity index (χ4n) is 1.41. The molecule has 0 heterocycles. The highest BCUT2D eigenvalue weighted by Crippen LogP contribution is 2.28. The lowest BCUT2D eigenvalue weighted by molar-refractivity contribution is 0.296. The zero-order valence-corrected chi connectivity index (χ0v) is 11.4. The molecule has 0 atom stereocenters. The minimum atomic E-state index is -0.449. The van der Waals surface area contributed by atoms with Crippen LogP contribution in [0.2, 0.25) is 5.02 Å². The minimum absolute atomic E-state index is 0.0619. The van der Waals surface area contributed by atoms with Crippen molar-refractivity contribution >= 4 is 27.5 Å². The average Bonchev–Trinajstić information content (AvgIpc) is 2.33. The van der Waals surface area contributed by atoms with Crippen LogP contribution in [0.15, 0.2) is 40.9 Å². The number of hydrogen-bond acceptors (Lipinski definition) is 1. The van der Waals surface area contributed by atoms with Gasteiger partial charge in [-0.2, -0.15) is 0 Å². The summed E-state index contributed by atoms with van der Waals surface area (Å²) in [6.07, 6.45) is 0. The Kier molecular flexibility index (Phi) is 4.19. The van der Waals surface area contributed by atoms with Gasteiger partial charge in [-0.25, -0.2) is 8.78 Å². The normalized spacial score (nSPS) is 10.4. The monoisotopic (exact) mass is 332 g/mol. The van der Waals surface area contributed by atoms with Crippen LogP contribution in [0.25, 0.3) is 0 Å². The number of hydrogen-bond donors (Lipinski definition) is 0. The van der Waals surface area contributed by atoms with Gasteiger partial charge in [0.1, 0.15) is 24.0 Å². The molecule has 0 fully saturated rings. The third kappa shape index (κ3) is 3.00. The van der Waals surface area contributed by atoms with E-state index in [1.807, 2.05) is 0 Å². The van der Waals surface area contributed by atoms with Crippen LogP contribution in [-0.4, -0.2) is 0 Å². The molecule has 0 aromatic heterocycles. The lowest BCUT2D eigenvalue weighted by Crippen LogP contribution is -2.00. The van der Waals surface area contributed by atoms with E-state index in [1.54, 1.807) is 6.07 Å². The van der Waals surface area contributed by atoms with Crippen LogP contribution in [0.4, 0.5) is 8.78 Å². The van der Waals surface area contributed by atoms with Crippen LogP contribution in [0.3, 0.4) is 0 Å². The molecule has 0 unspecified atom stereocenters. The Hall–Kier alpha value is -1.13. The summed E-state index contributed by atoms with van der Waals surface area (Å²) in [6, 6.07) is 8.42. The van der Waals surface area contributed by atoms with Crippen molar-refractivity contribution in [3.8, 4) is 5.75 Å². The smallest absolute Gasteiger partial charge is 0.136 e. The molecule has 2 rings (SSSR count). The number of rotatable bonds is 3. The molecule has 0 saturated heterocycles. The van der Waals surface area contributed by atoms with Gasteiger partial charge in [-0.1, -0.05) is 17.7 Å². The highest BCUT2D eigenvalue weighted by atomic mass is 79.9. The molecule has 2 aromatic carbocycles. The first-order valence-electron chi connectivity index (χ1n) is 5.08. The molecule has 0 saturated carbocycles. The lowest BCUT2D eigenvalue weighted by atomic mass is 10.2. The fraction of sp³-hybridized carbons (Fsp3) is 0.0769. The van der Waals surface area contributed by atoms with Crippen molar-refractivity contribution in [3.63, 3.8) is 0 Å². The van der Waals surface area contributed by atoms with Crippen molar-refractivity contribution in [1.82, 2.24) is 0 Å². The Balaban J connectivity index is 2.19. The molecule has 0 radical (unpaired) electrons. The maximum absolute atomic E-state index is 13.5. The minimum Gasteiger partial charge on any atom is -0.487 e. The Morgan fingerprint density at radius 2 is 1.94 bits per heavy atom. The first-order chi connectivity index (χ1) is 8.58. The molecule has 18 heavy (non-hydrogen) atoms. The van der Waals surface area contributed by atoms with Gasteiger partial charge in [-0.3, -0.25) is 0 Å². The first-order valence-corrected chi connectivity index (χ1v) is 6.26. The summed E-state index contributed by atoms with van der Waals surface area (Å²) in [7, 11) is 0. The zero-order valence-electron chi connectivity index (χ0n) is 9.09. The molecule has 0 N–H and O–H groups in total. The molecule has 94 valence electrons. The molecule has 1 nitrogen and oxygen atoms in total. The van der Waals surface area contributed by atoms with E-state index in [0.29, 0.717) is 10.2 Å². The number of halogens is 4. The van der Waals surface area contributed by atoms with E-state index in [-0.39, 0.29) is 17.2 Å². The highest BCUT2D eigenvalue weighted by molar-refractivity contribution is 9.10. The quantitative estimate of drug-likeness (QED) is 0.771. The summed E-state index contributed by atoms with van der Waals surface area (Å²) >= 11 is 9.08. The second-order valence-electron chi connectivity index (χ2n) is 3.56. The maximum atomic E-state index is 13.5. The van der Waals surface area contributed by atoms with E-state index in [1.165, 1.54) is 30.3 Å². The fourth-order valence-corrected chi connectivity index (χ4v) is 1.99. The van der Waals surface area contributed by atoms with E-state index in [2.05, 4.69) is 15.9 Å². The largest absolute Gasteiger partial charge is 0.487 e. The van der Waals surface area contributed by atoms with Crippen LogP contribution < -0.4 is 4.74 Å². The van der Waals surface area contributed by atoms with Crippen LogP contribution in [0.1, 0.15) is 5.56 Å². The van der Waals surface area contributed by atoms with Crippen molar-refractivity contribution < 1.29 is 13.5 Å². The van der Waals surface area contributed by atoms with Gasteiger partial charge in [0.2, 0.25) is 0 Å². The van der Waals surface area contributed by atoms with Crippen LogP contribution in [0.5, 0.6) is 5.75 Å². The summed E-state index contributed by atoms with van der Waals surface area (Å²) in [5, 5.41) is 0.280. The summed E-state index contributed by atoms with van der Waals surface area (Å²) in [6.45, 7) is -0.0619. The van der Waals surface area contributed by atoms with Gasteiger partial charge in [0.15, 0.2) is 0 Å². The average molecular weight is 334 g/mol. The van der Waals surface area contributed by atoms with Crippen molar-refractivity contribution in [1.29, 1.82) is 0 Å². The van der Waals surface area contributed by atoms with Gasteiger partial charge >= 0.3 is 0 Å². The Morgan fingerprint density at radius 1 is 1.17 bits per heavy atom. The van der Waals surface area contributed by atoms with Gasteiger partial charge in [-0.05, 0) is 40.2 Å². The van der Waals surface area contributed by atoms with E-state index in [0.717, 1.165) is 0 Å². The molecular weight excluding hydrogens is 325 g/mol. The van der Waals surface area contributed by atoms with Crippen molar-refractivity contribution in [2.24, 2.45) is 0 Å². The van der Waals surface area contributed by atoms with E-state index >= 15 is 0 Å². The summed E-state index contributed by atoms with van der Waals surface area (Å²) in [4.78, 5) is 0. The first kappa shape index (κ1) is 13.3. The second-order valence-corrected chi connectivity index (χ2v) is 4.83. The van der Waals surface area contributed by atoms with E-state index < -0.39 is 11.6 Å². The van der Waals surface area contributed by atoms with Gasteiger partial charge < -0.3 is 4.74 Å². The molecule has 0 aliphatic rings. The Bertz CT molecular complexity index is 555. The Morgan fingerprint density at radius 3 is 2.67 bits per heavy atom. The van der Waals surface area contributed by atoms with Crippen molar-refractivity contribution in [2.45, 2.75) is 6.61 Å². The van der Waals surface area contributed by atoms with Gasteiger partial charge in [-0.15, -0.1) is 0 Å². The number of benzene rings is 2. The molecule has 0 aliphatic carbocycles. The van der Waals surface area contributed by atoms with Gasteiger partial charge in [0, 0.05) is 11.6 Å². The van der Waals surface area contributed by atoms with Crippen molar-refractivity contribution in [2.75, 3.05) is 0 Å². The summed E-state index contributed by atoms with van der Waals surface area (Å²) in [5.74, 6) is -0.572. The second kappa shape index (κ2) is 5.67. The summed E-state index contributed by atoms with van der Waals surface area (Å²) < 4.78 is 32.5. The van der Waals surface area contributed by atoms with E-state index in [9.17, 15) is 8.78 Å². The summed E-state index contributed by atoms with van der Waals surface area (Å²) in [5.41, 5.74) is 0.246. The molecule has 0 aliphatic heterocycles. The molecule has 0 bridgehead atoms. The van der Waals surface area contributed by atoms with E-state index in [4.69, 9.17) is 16.3 Å². The van der Waals surface area contributed by atoms with Gasteiger partial charge in [0.25, 0.3) is 0 Å². The molecule has 5 heteroatoms. The zero-order chi connectivity index (χ0) is 13.1. The highest BCUT2D eigenvalue weighted by Gasteiger charge is 2.09. The molecular formula is C13H8BrClF2O. The molecule has 2 aromatic rings.